The van der Waals surface area contributed by atoms with Gasteiger partial charge in [0.05, 0.1) is 0 Å². The number of rotatable bonds is 0. The van der Waals surface area contributed by atoms with Crippen molar-refractivity contribution < 1.29 is 19.8 Å². The number of hydrogen-bond acceptors (Lipinski definition) is 4. The smallest absolute Gasteiger partial charge is 0.190 e. The van der Waals surface area contributed by atoms with Crippen molar-refractivity contribution in [3.8, 4) is 0 Å². The minimum Gasteiger partial charge on any atom is -0.507 e. The van der Waals surface area contributed by atoms with Gasteiger partial charge in [0.2, 0.25) is 0 Å². The monoisotopic (exact) mass is 388 g/mol. The summed E-state index contributed by atoms with van der Waals surface area (Å²) in [5.74, 6) is -0.457. The first-order valence-electron chi connectivity index (χ1n) is 9.65. The lowest BCUT2D eigenvalue weighted by Gasteiger charge is -2.22. The zero-order chi connectivity index (χ0) is 20.3. The fourth-order valence-corrected chi connectivity index (χ4v) is 5.29. The van der Waals surface area contributed by atoms with Gasteiger partial charge in [-0.05, 0) is 56.6 Å². The maximum atomic E-state index is 12.5. The molecule has 5 aromatic rings. The molecule has 4 nitrogen and oxygen atoms in total. The van der Waals surface area contributed by atoms with Crippen molar-refractivity contribution in [2.75, 3.05) is 0 Å². The largest absolute Gasteiger partial charge is 0.507 e. The van der Waals surface area contributed by atoms with Gasteiger partial charge in [0.25, 0.3) is 0 Å². The van der Waals surface area contributed by atoms with Crippen molar-refractivity contribution in [2.45, 2.75) is 0 Å². The fourth-order valence-electron chi connectivity index (χ4n) is 5.29. The average Bonchev–Trinajstić information content (AvgIpc) is 2.74. The van der Waals surface area contributed by atoms with Gasteiger partial charge in [0.1, 0.15) is 11.5 Å². The summed E-state index contributed by atoms with van der Waals surface area (Å²) in [6.07, 6.45) is 2.53. The predicted octanol–water partition coefficient (Wildman–Crippen LogP) is 5.93. The molecule has 0 unspecified atom stereocenters. The van der Waals surface area contributed by atoms with Crippen molar-refractivity contribution in [1.82, 2.24) is 0 Å². The minimum atomic E-state index is -0.208. The molecule has 5 aromatic carbocycles. The number of carbonyl (C=O) groups is 2. The van der Waals surface area contributed by atoms with Crippen LogP contribution in [0.15, 0.2) is 60.7 Å². The Morgan fingerprint density at radius 2 is 0.767 bits per heavy atom. The van der Waals surface area contributed by atoms with Gasteiger partial charge in [0, 0.05) is 45.2 Å². The second kappa shape index (κ2) is 4.86. The molecule has 0 spiro atoms. The number of hydrogen-bond donors (Lipinski definition) is 2. The number of carbonyl (C=O) groups excluding carboxylic acids is 2. The maximum Gasteiger partial charge on any atom is 0.190 e. The number of ketones is 2. The Bertz CT molecular complexity index is 1580. The van der Waals surface area contributed by atoms with Gasteiger partial charge in [-0.2, -0.15) is 0 Å². The highest BCUT2D eigenvalue weighted by atomic mass is 16.3. The first-order chi connectivity index (χ1) is 14.5. The number of allylic oxidation sites excluding steroid dienone is 2. The van der Waals surface area contributed by atoms with E-state index in [0.717, 1.165) is 43.1 Å². The van der Waals surface area contributed by atoms with Crippen LogP contribution in [0.2, 0.25) is 0 Å². The normalized spacial score (nSPS) is 15.5. The third-order valence-electron chi connectivity index (χ3n) is 6.52. The molecule has 0 radical (unpaired) electrons. The highest BCUT2D eigenvalue weighted by Gasteiger charge is 2.27. The molecule has 0 saturated carbocycles. The lowest BCUT2D eigenvalue weighted by atomic mass is 9.81. The van der Waals surface area contributed by atoms with Crippen LogP contribution in [0.1, 0.15) is 31.8 Å². The van der Waals surface area contributed by atoms with Crippen LogP contribution in [0, 0.1) is 0 Å². The molecule has 0 atom stereocenters. The second-order valence-corrected chi connectivity index (χ2v) is 7.93. The van der Waals surface area contributed by atoms with Gasteiger partial charge in [-0.1, -0.05) is 24.3 Å². The van der Waals surface area contributed by atoms with E-state index in [-0.39, 0.29) is 23.1 Å². The summed E-state index contributed by atoms with van der Waals surface area (Å²) < 4.78 is 0. The van der Waals surface area contributed by atoms with Gasteiger partial charge in [-0.25, -0.2) is 0 Å². The first-order valence-corrected chi connectivity index (χ1v) is 9.65. The van der Waals surface area contributed by atoms with Crippen molar-refractivity contribution in [3.63, 3.8) is 0 Å². The third-order valence-corrected chi connectivity index (χ3v) is 6.52. The van der Waals surface area contributed by atoms with Crippen LogP contribution in [-0.4, -0.2) is 21.8 Å². The lowest BCUT2D eigenvalue weighted by Crippen LogP contribution is -2.07. The Balaban J connectivity index is 1.83. The third kappa shape index (κ3) is 1.61. The van der Waals surface area contributed by atoms with E-state index >= 15 is 0 Å². The highest BCUT2D eigenvalue weighted by molar-refractivity contribution is 6.39. The summed E-state index contributed by atoms with van der Waals surface area (Å²) in [5, 5.41) is 28.0. The second-order valence-electron chi connectivity index (χ2n) is 7.93. The molecule has 0 heterocycles. The Kier molecular flexibility index (Phi) is 2.55. The standard InChI is InChI=1S/C26H12O4/c27-19-9-20(28)16-7-3-13-14-4-8-18-22(30)10-21(29)17-6-2-12(24(14)26(17)18)11-1-5-15(19)25(16)23(11)13/h1-10,27,30H. The van der Waals surface area contributed by atoms with Crippen LogP contribution in [0.4, 0.5) is 0 Å². The molecule has 0 saturated heterocycles. The minimum absolute atomic E-state index is 0.0205. The fraction of sp³-hybridized carbons (Fsp3) is 0. The van der Waals surface area contributed by atoms with Crippen molar-refractivity contribution in [3.05, 3.63) is 82.9 Å². The van der Waals surface area contributed by atoms with E-state index in [1.165, 1.54) is 12.2 Å². The van der Waals surface area contributed by atoms with Crippen molar-refractivity contribution in [2.24, 2.45) is 0 Å². The Hall–Kier alpha value is -4.18. The van der Waals surface area contributed by atoms with Gasteiger partial charge < -0.3 is 10.2 Å². The molecular formula is C26H12O4. The summed E-state index contributed by atoms with van der Waals surface area (Å²) >= 11 is 0. The maximum absolute atomic E-state index is 12.5. The highest BCUT2D eigenvalue weighted by Crippen LogP contribution is 2.46. The van der Waals surface area contributed by atoms with E-state index in [0.29, 0.717) is 22.3 Å². The molecule has 0 aliphatic heterocycles. The molecule has 2 aliphatic carbocycles. The number of benzene rings is 5. The molecule has 140 valence electrons. The topological polar surface area (TPSA) is 74.6 Å². The molecule has 2 aliphatic rings. The first kappa shape index (κ1) is 15.7. The van der Waals surface area contributed by atoms with E-state index in [1.807, 2.05) is 36.4 Å². The van der Waals surface area contributed by atoms with Crippen LogP contribution < -0.4 is 0 Å². The lowest BCUT2D eigenvalue weighted by molar-refractivity contribution is 0.103. The van der Waals surface area contributed by atoms with Crippen LogP contribution in [0.3, 0.4) is 0 Å². The van der Waals surface area contributed by atoms with Crippen LogP contribution >= 0.6 is 0 Å². The summed E-state index contributed by atoms with van der Waals surface area (Å²) in [4.78, 5) is 25.1. The molecule has 0 amide bonds. The summed E-state index contributed by atoms with van der Waals surface area (Å²) in [7, 11) is 0. The van der Waals surface area contributed by atoms with Crippen LogP contribution in [0.5, 0.6) is 0 Å². The van der Waals surface area contributed by atoms with Crippen LogP contribution in [0.25, 0.3) is 54.6 Å². The van der Waals surface area contributed by atoms with Gasteiger partial charge in [-0.15, -0.1) is 0 Å². The Labute approximate surface area is 169 Å². The van der Waals surface area contributed by atoms with E-state index in [9.17, 15) is 19.8 Å². The Morgan fingerprint density at radius 3 is 1.13 bits per heavy atom. The molecule has 7 rings (SSSR count). The van der Waals surface area contributed by atoms with E-state index in [2.05, 4.69) is 0 Å². The molecule has 30 heavy (non-hydrogen) atoms. The Morgan fingerprint density at radius 1 is 0.433 bits per heavy atom. The summed E-state index contributed by atoms with van der Waals surface area (Å²) in [6, 6.07) is 15.1. The van der Waals surface area contributed by atoms with Gasteiger partial charge >= 0.3 is 0 Å². The summed E-state index contributed by atoms with van der Waals surface area (Å²) in [5.41, 5.74) is 2.45. The zero-order valence-electron chi connectivity index (χ0n) is 15.5. The molecule has 4 heteroatoms. The molecule has 0 fully saturated rings. The van der Waals surface area contributed by atoms with E-state index < -0.39 is 0 Å². The molecule has 2 N–H and O–H groups in total. The molecule has 0 bridgehead atoms. The SMILES string of the molecule is O=C1C=C(O)c2ccc3c4ccc5c6c(ccc(c7ccc1c2c73)c64)C(O)=CC5=O. The van der Waals surface area contributed by atoms with Gasteiger partial charge in [0.15, 0.2) is 11.6 Å². The van der Waals surface area contributed by atoms with Gasteiger partial charge in [-0.3, -0.25) is 9.59 Å². The number of aliphatic hydroxyl groups is 2. The van der Waals surface area contributed by atoms with Crippen LogP contribution in [-0.2, 0) is 0 Å². The quantitative estimate of drug-likeness (QED) is 0.255. The average molecular weight is 388 g/mol. The number of aliphatic hydroxyl groups excluding tert-OH is 2. The molecular weight excluding hydrogens is 376 g/mol. The van der Waals surface area contributed by atoms with E-state index in [1.54, 1.807) is 12.1 Å². The molecule has 0 aromatic heterocycles. The summed E-state index contributed by atoms with van der Waals surface area (Å²) in [6.45, 7) is 0. The predicted molar refractivity (Wildman–Crippen MR) is 118 cm³/mol. The van der Waals surface area contributed by atoms with Crippen molar-refractivity contribution >= 4 is 66.2 Å². The van der Waals surface area contributed by atoms with Crippen molar-refractivity contribution in [1.29, 1.82) is 0 Å². The zero-order valence-corrected chi connectivity index (χ0v) is 15.5. The van der Waals surface area contributed by atoms with E-state index in [4.69, 9.17) is 0 Å². The number of fused-ring (bicyclic) bond motifs is 2.